The third kappa shape index (κ3) is 9.48. The lowest BCUT2D eigenvalue weighted by atomic mass is 10.0. The molecule has 0 aliphatic heterocycles. The minimum Gasteiger partial charge on any atom is -0.480 e. The zero-order valence-electron chi connectivity index (χ0n) is 21.0. The average Bonchev–Trinajstić information content (AvgIpc) is 3.29. The number of amides is 3. The number of aliphatic carboxylic acids is 1. The van der Waals surface area contributed by atoms with Crippen LogP contribution in [0.4, 0.5) is 0 Å². The van der Waals surface area contributed by atoms with E-state index in [0.29, 0.717) is 45.2 Å². The maximum atomic E-state index is 13.3. The Balaban J connectivity index is 2.27. The molecule has 1 aromatic carbocycles. The van der Waals surface area contributed by atoms with Gasteiger partial charge in [0.15, 0.2) is 0 Å². The Labute approximate surface area is 216 Å². The number of hydrogen-bond acceptors (Lipinski definition) is 7. The molecule has 12 nitrogen and oxygen atoms in total. The molecule has 0 bridgehead atoms. The molecule has 0 saturated carbocycles. The summed E-state index contributed by atoms with van der Waals surface area (Å²) in [6.45, 7) is 0.564. The first-order chi connectivity index (χ1) is 17.8. The van der Waals surface area contributed by atoms with Crippen LogP contribution in [0.25, 0.3) is 10.9 Å². The van der Waals surface area contributed by atoms with E-state index in [9.17, 15) is 24.3 Å². The summed E-state index contributed by atoms with van der Waals surface area (Å²) in [4.78, 5) is 53.3. The monoisotopic (exact) mass is 517 g/mol. The van der Waals surface area contributed by atoms with E-state index in [1.54, 1.807) is 6.20 Å². The highest BCUT2D eigenvalue weighted by Crippen LogP contribution is 2.19. The fourth-order valence-electron chi connectivity index (χ4n) is 4.04. The molecule has 1 aromatic heterocycles. The summed E-state index contributed by atoms with van der Waals surface area (Å²) in [5.74, 6) is -2.87. The van der Waals surface area contributed by atoms with Gasteiger partial charge in [-0.1, -0.05) is 18.2 Å². The number of carboxylic acid groups (broad SMARTS) is 1. The minimum atomic E-state index is -1.17. The van der Waals surface area contributed by atoms with E-state index in [1.807, 2.05) is 24.3 Å². The third-order valence-corrected chi connectivity index (χ3v) is 6.08. The first-order valence-corrected chi connectivity index (χ1v) is 12.6. The number of unbranched alkanes of at least 4 members (excludes halogenated alkanes) is 2. The van der Waals surface area contributed by atoms with Crippen molar-refractivity contribution >= 4 is 34.6 Å². The van der Waals surface area contributed by atoms with Gasteiger partial charge in [0.05, 0.1) is 6.54 Å². The number of nitrogens with two attached hydrogens (primary N) is 3. The topological polar surface area (TPSA) is 218 Å². The second-order valence-electron chi connectivity index (χ2n) is 8.92. The highest BCUT2D eigenvalue weighted by molar-refractivity contribution is 5.94. The van der Waals surface area contributed by atoms with Gasteiger partial charge in [0.2, 0.25) is 17.7 Å². The van der Waals surface area contributed by atoms with E-state index in [2.05, 4.69) is 20.9 Å². The number of benzene rings is 1. The van der Waals surface area contributed by atoms with Crippen molar-refractivity contribution in [1.29, 1.82) is 0 Å². The molecule has 1 heterocycles. The molecule has 2 rings (SSSR count). The number of nitrogens with one attached hydrogen (secondary N) is 4. The molecule has 0 spiro atoms. The highest BCUT2D eigenvalue weighted by atomic mass is 16.4. The van der Waals surface area contributed by atoms with Crippen LogP contribution in [-0.2, 0) is 25.6 Å². The molecular formula is C25H39N7O5. The van der Waals surface area contributed by atoms with Gasteiger partial charge < -0.3 is 43.2 Å². The molecule has 0 aliphatic carbocycles. The van der Waals surface area contributed by atoms with Crippen LogP contribution in [0.1, 0.15) is 44.1 Å². The molecule has 0 saturated heterocycles. The van der Waals surface area contributed by atoms with Crippen molar-refractivity contribution in [3.05, 3.63) is 36.0 Å². The van der Waals surface area contributed by atoms with Gasteiger partial charge in [-0.2, -0.15) is 0 Å². The largest absolute Gasteiger partial charge is 0.480 e. The predicted octanol–water partition coefficient (Wildman–Crippen LogP) is -0.534. The second-order valence-corrected chi connectivity index (χ2v) is 8.92. The van der Waals surface area contributed by atoms with Crippen molar-refractivity contribution in [3.63, 3.8) is 0 Å². The summed E-state index contributed by atoms with van der Waals surface area (Å²) in [5.41, 5.74) is 18.1. The van der Waals surface area contributed by atoms with Gasteiger partial charge in [0.25, 0.3) is 0 Å². The maximum absolute atomic E-state index is 13.3. The molecule has 0 radical (unpaired) electrons. The Bertz CT molecular complexity index is 1040. The first-order valence-electron chi connectivity index (χ1n) is 12.6. The number of rotatable bonds is 17. The van der Waals surface area contributed by atoms with Crippen LogP contribution in [-0.4, -0.2) is 71.5 Å². The van der Waals surface area contributed by atoms with Crippen molar-refractivity contribution in [1.82, 2.24) is 20.9 Å². The van der Waals surface area contributed by atoms with E-state index in [0.717, 1.165) is 16.5 Å². The molecule has 0 fully saturated rings. The van der Waals surface area contributed by atoms with Gasteiger partial charge in [-0.3, -0.25) is 14.4 Å². The van der Waals surface area contributed by atoms with Crippen molar-refractivity contribution in [2.45, 2.75) is 63.1 Å². The smallest absolute Gasteiger partial charge is 0.326 e. The van der Waals surface area contributed by atoms with Gasteiger partial charge in [0.1, 0.15) is 18.1 Å². The number of hydrogen-bond donors (Lipinski definition) is 8. The van der Waals surface area contributed by atoms with Gasteiger partial charge >= 0.3 is 5.97 Å². The fourth-order valence-corrected chi connectivity index (χ4v) is 4.04. The normalized spacial score (nSPS) is 13.5. The number of aromatic nitrogens is 1. The second kappa shape index (κ2) is 15.6. The van der Waals surface area contributed by atoms with Crippen LogP contribution < -0.4 is 33.2 Å². The molecule has 204 valence electrons. The Hall–Kier alpha value is -3.48. The number of H-pyrrole nitrogens is 1. The summed E-state index contributed by atoms with van der Waals surface area (Å²) in [6, 6.07) is 4.39. The third-order valence-electron chi connectivity index (χ3n) is 6.08. The summed E-state index contributed by atoms with van der Waals surface area (Å²) < 4.78 is 0. The van der Waals surface area contributed by atoms with Crippen molar-refractivity contribution < 1.29 is 24.3 Å². The molecule has 11 N–H and O–H groups in total. The predicted molar refractivity (Wildman–Crippen MR) is 140 cm³/mol. The highest BCUT2D eigenvalue weighted by Gasteiger charge is 2.30. The molecular weight excluding hydrogens is 478 g/mol. The Morgan fingerprint density at radius 2 is 1.41 bits per heavy atom. The molecule has 37 heavy (non-hydrogen) atoms. The Morgan fingerprint density at radius 1 is 0.811 bits per heavy atom. The Kier molecular flexibility index (Phi) is 12.5. The van der Waals surface area contributed by atoms with Crippen LogP contribution in [0, 0.1) is 0 Å². The molecule has 0 aliphatic rings. The fraction of sp³-hybridized carbons (Fsp3) is 0.520. The first kappa shape index (κ1) is 29.7. The lowest BCUT2D eigenvalue weighted by Gasteiger charge is -2.24. The van der Waals surface area contributed by atoms with Crippen LogP contribution in [0.3, 0.4) is 0 Å². The van der Waals surface area contributed by atoms with Crippen molar-refractivity contribution in [2.75, 3.05) is 19.6 Å². The SMILES string of the molecule is NCCCCC(NC(=O)C(Cc1c[nH]c2ccccc12)NC(=O)C(CCCCN)NC(=O)CN)C(=O)O. The lowest BCUT2D eigenvalue weighted by molar-refractivity contribution is -0.142. The molecule has 3 amide bonds. The summed E-state index contributed by atoms with van der Waals surface area (Å²) in [7, 11) is 0. The van der Waals surface area contributed by atoms with Gasteiger partial charge in [-0.15, -0.1) is 0 Å². The number of para-hydroxylation sites is 1. The van der Waals surface area contributed by atoms with Gasteiger partial charge in [0, 0.05) is 23.5 Å². The number of fused-ring (bicyclic) bond motifs is 1. The van der Waals surface area contributed by atoms with Gasteiger partial charge in [-0.05, 0) is 63.2 Å². The summed E-state index contributed by atoms with van der Waals surface area (Å²) >= 11 is 0. The molecule has 2 aromatic rings. The lowest BCUT2D eigenvalue weighted by Crippen LogP contribution is -2.56. The van der Waals surface area contributed by atoms with Crippen molar-refractivity contribution in [3.8, 4) is 0 Å². The van der Waals surface area contributed by atoms with Crippen LogP contribution >= 0.6 is 0 Å². The van der Waals surface area contributed by atoms with Crippen molar-refractivity contribution in [2.24, 2.45) is 17.2 Å². The zero-order chi connectivity index (χ0) is 27.2. The summed E-state index contributed by atoms with van der Waals surface area (Å²) in [6.07, 6.45) is 4.78. The maximum Gasteiger partial charge on any atom is 0.326 e. The zero-order valence-corrected chi connectivity index (χ0v) is 21.0. The van der Waals surface area contributed by atoms with E-state index >= 15 is 0 Å². The number of carboxylic acids is 1. The number of carbonyl (C=O) groups excluding carboxylic acids is 3. The molecule has 3 atom stereocenters. The van der Waals surface area contributed by atoms with E-state index in [-0.39, 0.29) is 19.4 Å². The summed E-state index contributed by atoms with van der Waals surface area (Å²) in [5, 5.41) is 18.4. The Morgan fingerprint density at radius 3 is 2.03 bits per heavy atom. The quantitative estimate of drug-likeness (QED) is 0.127. The van der Waals surface area contributed by atoms with E-state index in [4.69, 9.17) is 17.2 Å². The average molecular weight is 518 g/mol. The molecule has 3 unspecified atom stereocenters. The number of aromatic amines is 1. The van der Waals surface area contributed by atoms with Crippen LogP contribution in [0.5, 0.6) is 0 Å². The van der Waals surface area contributed by atoms with E-state index in [1.165, 1.54) is 0 Å². The van der Waals surface area contributed by atoms with Gasteiger partial charge in [-0.25, -0.2) is 4.79 Å². The van der Waals surface area contributed by atoms with Crippen LogP contribution in [0.15, 0.2) is 30.5 Å². The van der Waals surface area contributed by atoms with E-state index < -0.39 is 41.8 Å². The minimum absolute atomic E-state index is 0.108. The number of carbonyl (C=O) groups is 4. The van der Waals surface area contributed by atoms with Crippen LogP contribution in [0.2, 0.25) is 0 Å². The standard InChI is InChI=1S/C25H39N7O5/c26-11-5-3-9-19(30-22(33)14-28)23(34)32-21(13-16-15-29-18-8-2-1-7-17(16)18)24(35)31-20(25(36)37)10-4-6-12-27/h1-2,7-8,15,19-21,29H,3-6,9-14,26-28H2,(H,30,33)(H,31,35)(H,32,34)(H,36,37). The molecule has 12 heteroatoms.